The number of hydrogen-bond donors (Lipinski definition) is 1. The minimum atomic E-state index is 1.12. The van der Waals surface area contributed by atoms with Crippen LogP contribution in [0.25, 0.3) is 21.7 Å². The van der Waals surface area contributed by atoms with E-state index in [4.69, 9.17) is 0 Å². The molecule has 96 valence electrons. The van der Waals surface area contributed by atoms with Gasteiger partial charge in [0.25, 0.3) is 0 Å². The Morgan fingerprint density at radius 2 is 1.40 bits per heavy atom. The molecular weight excluding hydrogens is 244 g/mol. The largest absolute Gasteiger partial charge is 0.294 e. The topological polar surface area (TPSA) is 17.0 Å². The molecule has 2 heteroatoms. The Bertz CT molecular complexity index is 885. The highest BCUT2D eigenvalue weighted by Gasteiger charge is 2.03. The Morgan fingerprint density at radius 1 is 0.650 bits per heavy atom. The molecule has 1 aromatic heterocycles. The maximum atomic E-state index is 3.49. The molecule has 0 saturated carbocycles. The van der Waals surface area contributed by atoms with Crippen molar-refractivity contribution in [3.05, 3.63) is 79.0 Å². The first-order chi connectivity index (χ1) is 9.92. The highest BCUT2D eigenvalue weighted by Crippen LogP contribution is 2.24. The molecule has 1 N–H and O–H groups in total. The predicted octanol–water partition coefficient (Wildman–Crippen LogP) is 4.67. The van der Waals surface area contributed by atoms with Crippen LogP contribution in [0.1, 0.15) is 0 Å². The molecule has 0 amide bonds. The van der Waals surface area contributed by atoms with Crippen molar-refractivity contribution >= 4 is 27.4 Å². The summed E-state index contributed by atoms with van der Waals surface area (Å²) in [6.45, 7) is 0. The molecule has 2 nitrogen and oxygen atoms in total. The van der Waals surface area contributed by atoms with Crippen LogP contribution in [0.15, 0.2) is 79.0 Å². The molecule has 0 atom stereocenters. The van der Waals surface area contributed by atoms with Gasteiger partial charge in [-0.25, -0.2) is 0 Å². The van der Waals surface area contributed by atoms with Gasteiger partial charge in [0, 0.05) is 17.0 Å². The van der Waals surface area contributed by atoms with E-state index in [1.807, 2.05) is 0 Å². The average Bonchev–Trinajstić information content (AvgIpc) is 2.91. The molecule has 0 aliphatic heterocycles. The van der Waals surface area contributed by atoms with Crippen LogP contribution in [-0.4, -0.2) is 4.68 Å². The number of nitrogens with zero attached hydrogens (tertiary/aromatic N) is 1. The van der Waals surface area contributed by atoms with Crippen molar-refractivity contribution in [1.82, 2.24) is 4.68 Å². The van der Waals surface area contributed by atoms with Crippen LogP contribution in [0.5, 0.6) is 0 Å². The highest BCUT2D eigenvalue weighted by molar-refractivity contribution is 5.94. The van der Waals surface area contributed by atoms with Gasteiger partial charge in [-0.05, 0) is 23.6 Å². The Balaban J connectivity index is 1.85. The number of benzene rings is 3. The summed E-state index contributed by atoms with van der Waals surface area (Å²) in [7, 11) is 0. The molecule has 0 saturated heterocycles. The van der Waals surface area contributed by atoms with Crippen molar-refractivity contribution in [3.8, 4) is 0 Å². The van der Waals surface area contributed by atoms with E-state index in [1.165, 1.54) is 21.7 Å². The van der Waals surface area contributed by atoms with E-state index in [2.05, 4.69) is 89.1 Å². The van der Waals surface area contributed by atoms with Gasteiger partial charge < -0.3 is 0 Å². The van der Waals surface area contributed by atoms with Crippen LogP contribution in [-0.2, 0) is 0 Å². The van der Waals surface area contributed by atoms with Crippen molar-refractivity contribution in [2.45, 2.75) is 0 Å². The molecule has 0 bridgehead atoms. The summed E-state index contributed by atoms with van der Waals surface area (Å²) >= 11 is 0. The number of hydrogen-bond acceptors (Lipinski definition) is 1. The predicted molar refractivity (Wildman–Crippen MR) is 84.9 cm³/mol. The van der Waals surface area contributed by atoms with Crippen molar-refractivity contribution in [1.29, 1.82) is 0 Å². The summed E-state index contributed by atoms with van der Waals surface area (Å²) < 4.78 is 2.07. The molecule has 0 aliphatic carbocycles. The van der Waals surface area contributed by atoms with Gasteiger partial charge in [-0.1, -0.05) is 54.6 Å². The first kappa shape index (κ1) is 11.1. The van der Waals surface area contributed by atoms with Gasteiger partial charge >= 0.3 is 0 Å². The van der Waals surface area contributed by atoms with Crippen LogP contribution >= 0.6 is 0 Å². The standard InChI is InChI=1S/C18H14N2/c1-3-9-16-14(6-1)8-5-10-17(16)19-20-13-12-15-7-2-4-11-18(15)20/h1-13,19H. The molecular formula is C18H14N2. The second-order valence-electron chi connectivity index (χ2n) is 4.88. The molecule has 4 rings (SSSR count). The SMILES string of the molecule is c1ccc2c(Nn3ccc4ccccc43)cccc2c1. The van der Waals surface area contributed by atoms with E-state index in [1.54, 1.807) is 0 Å². The zero-order valence-electron chi connectivity index (χ0n) is 11.0. The lowest BCUT2D eigenvalue weighted by Gasteiger charge is -2.12. The molecule has 3 aromatic carbocycles. The van der Waals surface area contributed by atoms with Gasteiger partial charge in [-0.15, -0.1) is 0 Å². The fraction of sp³-hybridized carbons (Fsp3) is 0. The first-order valence-corrected chi connectivity index (χ1v) is 6.73. The third-order valence-corrected chi connectivity index (χ3v) is 3.63. The second-order valence-corrected chi connectivity index (χ2v) is 4.88. The summed E-state index contributed by atoms with van der Waals surface area (Å²) in [6, 6.07) is 25.2. The third kappa shape index (κ3) is 1.74. The van der Waals surface area contributed by atoms with Crippen molar-refractivity contribution in [2.24, 2.45) is 0 Å². The molecule has 0 fully saturated rings. The zero-order valence-corrected chi connectivity index (χ0v) is 11.0. The van der Waals surface area contributed by atoms with E-state index in [0.717, 1.165) is 5.69 Å². The number of nitrogens with one attached hydrogen (secondary N) is 1. The van der Waals surface area contributed by atoms with Gasteiger partial charge in [0.05, 0.1) is 11.2 Å². The smallest absolute Gasteiger partial charge is 0.0696 e. The number of anilines is 1. The summed E-state index contributed by atoms with van der Waals surface area (Å²) in [5, 5.41) is 3.71. The number of para-hydroxylation sites is 1. The van der Waals surface area contributed by atoms with E-state index in [0.29, 0.717) is 0 Å². The highest BCUT2D eigenvalue weighted by atomic mass is 15.4. The second kappa shape index (κ2) is 4.42. The monoisotopic (exact) mass is 258 g/mol. The Hall–Kier alpha value is -2.74. The quantitative estimate of drug-likeness (QED) is 0.553. The Morgan fingerprint density at radius 3 is 2.35 bits per heavy atom. The molecule has 0 spiro atoms. The first-order valence-electron chi connectivity index (χ1n) is 6.73. The van der Waals surface area contributed by atoms with Gasteiger partial charge in [-0.3, -0.25) is 10.1 Å². The number of aromatic nitrogens is 1. The summed E-state index contributed by atoms with van der Waals surface area (Å²) in [4.78, 5) is 0. The van der Waals surface area contributed by atoms with Crippen LogP contribution in [0.4, 0.5) is 5.69 Å². The van der Waals surface area contributed by atoms with Crippen molar-refractivity contribution < 1.29 is 0 Å². The molecule has 0 unspecified atom stereocenters. The lowest BCUT2D eigenvalue weighted by atomic mass is 10.1. The molecule has 4 aromatic rings. The molecule has 20 heavy (non-hydrogen) atoms. The van der Waals surface area contributed by atoms with E-state index in [-0.39, 0.29) is 0 Å². The lowest BCUT2D eigenvalue weighted by Crippen LogP contribution is -2.07. The maximum absolute atomic E-state index is 3.49. The fourth-order valence-electron chi connectivity index (χ4n) is 2.63. The van der Waals surface area contributed by atoms with Gasteiger partial charge in [0.2, 0.25) is 0 Å². The molecule has 0 radical (unpaired) electrons. The molecule has 0 aliphatic rings. The number of fused-ring (bicyclic) bond motifs is 2. The Kier molecular flexibility index (Phi) is 2.46. The normalized spacial score (nSPS) is 11.0. The van der Waals surface area contributed by atoms with Crippen LogP contribution < -0.4 is 5.43 Å². The third-order valence-electron chi connectivity index (χ3n) is 3.63. The average molecular weight is 258 g/mol. The maximum Gasteiger partial charge on any atom is 0.0696 e. The summed E-state index contributed by atoms with van der Waals surface area (Å²) in [5.41, 5.74) is 5.78. The van der Waals surface area contributed by atoms with Crippen LogP contribution in [0, 0.1) is 0 Å². The van der Waals surface area contributed by atoms with Gasteiger partial charge in [0.1, 0.15) is 0 Å². The number of rotatable bonds is 2. The zero-order chi connectivity index (χ0) is 13.4. The van der Waals surface area contributed by atoms with Crippen LogP contribution in [0.2, 0.25) is 0 Å². The van der Waals surface area contributed by atoms with Gasteiger partial charge in [-0.2, -0.15) is 0 Å². The van der Waals surface area contributed by atoms with E-state index in [9.17, 15) is 0 Å². The fourth-order valence-corrected chi connectivity index (χ4v) is 2.63. The van der Waals surface area contributed by atoms with Crippen molar-refractivity contribution in [2.75, 3.05) is 5.43 Å². The minimum absolute atomic E-state index is 1.12. The van der Waals surface area contributed by atoms with Crippen molar-refractivity contribution in [3.63, 3.8) is 0 Å². The minimum Gasteiger partial charge on any atom is -0.294 e. The molecule has 1 heterocycles. The summed E-state index contributed by atoms with van der Waals surface area (Å²) in [5.74, 6) is 0. The summed E-state index contributed by atoms with van der Waals surface area (Å²) in [6.07, 6.45) is 2.06. The lowest BCUT2D eigenvalue weighted by molar-refractivity contribution is 1.02. The Labute approximate surface area is 117 Å². The van der Waals surface area contributed by atoms with E-state index >= 15 is 0 Å². The van der Waals surface area contributed by atoms with Crippen LogP contribution in [0.3, 0.4) is 0 Å². The van der Waals surface area contributed by atoms with E-state index < -0.39 is 0 Å². The van der Waals surface area contributed by atoms with Gasteiger partial charge in [0.15, 0.2) is 0 Å².